The third-order valence-corrected chi connectivity index (χ3v) is 3.25. The molecule has 2 unspecified atom stereocenters. The number of halogens is 3. The monoisotopic (exact) mass is 333 g/mol. The maximum Gasteiger partial charge on any atom is 0.329 e. The van der Waals surface area contributed by atoms with E-state index in [9.17, 15) is 27.9 Å². The average molecular weight is 333 g/mol. The molecule has 0 spiro atoms. The second-order valence-electron chi connectivity index (χ2n) is 6.18. The van der Waals surface area contributed by atoms with Gasteiger partial charge in [0.1, 0.15) is 11.4 Å². The molecule has 2 atom stereocenters. The first-order chi connectivity index (χ1) is 10.3. The first-order valence-electron chi connectivity index (χ1n) is 6.71. The van der Waals surface area contributed by atoms with Crippen molar-refractivity contribution in [2.75, 3.05) is 0 Å². The van der Waals surface area contributed by atoms with Crippen LogP contribution in [0.5, 0.6) is 0 Å². The van der Waals surface area contributed by atoms with E-state index in [0.29, 0.717) is 6.07 Å². The molecule has 8 heteroatoms. The Balaban J connectivity index is 3.41. The number of benzene rings is 1. The van der Waals surface area contributed by atoms with Gasteiger partial charge in [-0.2, -0.15) is 0 Å². The zero-order chi connectivity index (χ0) is 18.2. The second kappa shape index (κ2) is 6.19. The highest BCUT2D eigenvalue weighted by Gasteiger charge is 2.49. The summed E-state index contributed by atoms with van der Waals surface area (Å²) in [6.45, 7) is 5.76. The van der Waals surface area contributed by atoms with E-state index in [-0.39, 0.29) is 6.07 Å². The molecule has 3 N–H and O–H groups in total. The SMILES string of the molecule is CC(C(=O)OC(C)(C)C)C(N)(C(=O)O)c1cc(F)c(F)cc1F. The van der Waals surface area contributed by atoms with E-state index in [4.69, 9.17) is 10.5 Å². The van der Waals surface area contributed by atoms with Crippen molar-refractivity contribution in [3.05, 3.63) is 35.1 Å². The van der Waals surface area contributed by atoms with Gasteiger partial charge in [-0.25, -0.2) is 18.0 Å². The van der Waals surface area contributed by atoms with E-state index >= 15 is 0 Å². The summed E-state index contributed by atoms with van der Waals surface area (Å²) < 4.78 is 45.4. The van der Waals surface area contributed by atoms with E-state index in [2.05, 4.69) is 0 Å². The first kappa shape index (κ1) is 19.0. The summed E-state index contributed by atoms with van der Waals surface area (Å²) in [5, 5.41) is 9.37. The summed E-state index contributed by atoms with van der Waals surface area (Å²) in [5.74, 6) is -8.69. The van der Waals surface area contributed by atoms with Gasteiger partial charge in [0.2, 0.25) is 0 Å². The summed E-state index contributed by atoms with van der Waals surface area (Å²) in [6.07, 6.45) is 0. The van der Waals surface area contributed by atoms with Crippen molar-refractivity contribution in [3.63, 3.8) is 0 Å². The van der Waals surface area contributed by atoms with Crippen molar-refractivity contribution >= 4 is 11.9 Å². The third kappa shape index (κ3) is 3.82. The molecule has 0 fully saturated rings. The molecular formula is C15H18F3NO4. The van der Waals surface area contributed by atoms with Crippen molar-refractivity contribution < 1.29 is 32.6 Å². The number of ether oxygens (including phenoxy) is 1. The third-order valence-electron chi connectivity index (χ3n) is 3.25. The van der Waals surface area contributed by atoms with Gasteiger partial charge in [-0.05, 0) is 33.8 Å². The lowest BCUT2D eigenvalue weighted by Gasteiger charge is -2.32. The smallest absolute Gasteiger partial charge is 0.329 e. The van der Waals surface area contributed by atoms with Crippen LogP contribution in [0.1, 0.15) is 33.3 Å². The van der Waals surface area contributed by atoms with Crippen LogP contribution in [0.2, 0.25) is 0 Å². The molecule has 5 nitrogen and oxygen atoms in total. The predicted octanol–water partition coefficient (Wildman–Crippen LogP) is 2.32. The molecule has 0 saturated carbocycles. The Hall–Kier alpha value is -2.09. The fourth-order valence-corrected chi connectivity index (χ4v) is 1.95. The molecule has 0 aliphatic carbocycles. The Kier molecular flexibility index (Phi) is 5.10. The Morgan fingerprint density at radius 2 is 1.61 bits per heavy atom. The van der Waals surface area contributed by atoms with Gasteiger partial charge >= 0.3 is 11.9 Å². The molecule has 0 amide bonds. The van der Waals surface area contributed by atoms with Gasteiger partial charge in [0.25, 0.3) is 0 Å². The molecule has 0 radical (unpaired) electrons. The molecule has 0 bridgehead atoms. The molecule has 1 aromatic carbocycles. The number of aliphatic carboxylic acids is 1. The molecule has 1 aromatic rings. The minimum Gasteiger partial charge on any atom is -0.480 e. The number of rotatable bonds is 4. The molecule has 0 aliphatic heterocycles. The van der Waals surface area contributed by atoms with Gasteiger partial charge in [-0.3, -0.25) is 4.79 Å². The molecule has 0 aromatic heterocycles. The van der Waals surface area contributed by atoms with Crippen molar-refractivity contribution in [1.29, 1.82) is 0 Å². The largest absolute Gasteiger partial charge is 0.480 e. The predicted molar refractivity (Wildman–Crippen MR) is 74.8 cm³/mol. The first-order valence-corrected chi connectivity index (χ1v) is 6.71. The Morgan fingerprint density at radius 3 is 2.04 bits per heavy atom. The van der Waals surface area contributed by atoms with Crippen LogP contribution in [0.4, 0.5) is 13.2 Å². The van der Waals surface area contributed by atoms with Crippen LogP contribution in [0.3, 0.4) is 0 Å². The number of carboxylic acids is 1. The lowest BCUT2D eigenvalue weighted by molar-refractivity contribution is -0.167. The minimum absolute atomic E-state index is 0.178. The molecule has 128 valence electrons. The summed E-state index contributed by atoms with van der Waals surface area (Å²) in [4.78, 5) is 23.7. The summed E-state index contributed by atoms with van der Waals surface area (Å²) in [6, 6.07) is 0.511. The van der Waals surface area contributed by atoms with Gasteiger partial charge in [-0.15, -0.1) is 0 Å². The minimum atomic E-state index is -2.62. The van der Waals surface area contributed by atoms with E-state index in [0.717, 1.165) is 6.92 Å². The standard InChI is InChI=1S/C15H18F3NO4/c1-7(12(20)23-14(2,3)4)15(19,13(21)22)8-5-10(17)11(18)6-9(8)16/h5-7H,19H2,1-4H3,(H,21,22). The van der Waals surface area contributed by atoms with Crippen LogP contribution >= 0.6 is 0 Å². The molecule has 0 aliphatic rings. The van der Waals surface area contributed by atoms with Gasteiger partial charge < -0.3 is 15.6 Å². The maximum absolute atomic E-state index is 13.9. The average Bonchev–Trinajstić information content (AvgIpc) is 2.38. The fraction of sp³-hybridized carbons (Fsp3) is 0.467. The zero-order valence-corrected chi connectivity index (χ0v) is 13.1. The molecular weight excluding hydrogens is 315 g/mol. The number of hydrogen-bond acceptors (Lipinski definition) is 4. The van der Waals surface area contributed by atoms with E-state index in [1.165, 1.54) is 0 Å². The summed E-state index contributed by atoms with van der Waals surface area (Å²) >= 11 is 0. The highest BCUT2D eigenvalue weighted by molar-refractivity contribution is 5.88. The topological polar surface area (TPSA) is 89.6 Å². The number of carbonyl (C=O) groups excluding carboxylic acids is 1. The molecule has 1 rings (SSSR count). The number of hydrogen-bond donors (Lipinski definition) is 2. The van der Waals surface area contributed by atoms with E-state index < -0.39 is 52.0 Å². The highest BCUT2D eigenvalue weighted by atomic mass is 19.2. The van der Waals surface area contributed by atoms with Crippen molar-refractivity contribution in [2.24, 2.45) is 11.7 Å². The Bertz CT molecular complexity index is 642. The maximum atomic E-state index is 13.9. The Labute approximate surface area is 131 Å². The lowest BCUT2D eigenvalue weighted by atomic mass is 9.79. The number of esters is 1. The number of nitrogens with two attached hydrogens (primary N) is 1. The van der Waals surface area contributed by atoms with Crippen molar-refractivity contribution in [2.45, 2.75) is 38.8 Å². The Morgan fingerprint density at radius 1 is 1.13 bits per heavy atom. The molecule has 0 saturated heterocycles. The molecule has 23 heavy (non-hydrogen) atoms. The quantitative estimate of drug-likeness (QED) is 0.652. The van der Waals surface area contributed by atoms with Crippen molar-refractivity contribution in [1.82, 2.24) is 0 Å². The number of carboxylic acid groups (broad SMARTS) is 1. The van der Waals surface area contributed by atoms with Crippen LogP contribution in [0.25, 0.3) is 0 Å². The van der Waals surface area contributed by atoms with Gasteiger partial charge in [0.15, 0.2) is 17.2 Å². The van der Waals surface area contributed by atoms with Gasteiger partial charge in [0.05, 0.1) is 5.92 Å². The zero-order valence-electron chi connectivity index (χ0n) is 13.1. The van der Waals surface area contributed by atoms with Crippen LogP contribution in [-0.4, -0.2) is 22.6 Å². The van der Waals surface area contributed by atoms with Crippen molar-refractivity contribution in [3.8, 4) is 0 Å². The summed E-state index contributed by atoms with van der Waals surface area (Å²) in [5.41, 5.74) is 1.31. The van der Waals surface area contributed by atoms with Gasteiger partial charge in [0, 0.05) is 11.6 Å². The normalized spacial score (nSPS) is 15.7. The van der Waals surface area contributed by atoms with E-state index in [1.807, 2.05) is 0 Å². The van der Waals surface area contributed by atoms with E-state index in [1.54, 1.807) is 20.8 Å². The fourth-order valence-electron chi connectivity index (χ4n) is 1.95. The van der Waals surface area contributed by atoms with Gasteiger partial charge in [-0.1, -0.05) is 0 Å². The van der Waals surface area contributed by atoms with Crippen LogP contribution in [0, 0.1) is 23.4 Å². The summed E-state index contributed by atoms with van der Waals surface area (Å²) in [7, 11) is 0. The lowest BCUT2D eigenvalue weighted by Crippen LogP contribution is -2.54. The second-order valence-corrected chi connectivity index (χ2v) is 6.18. The van der Waals surface area contributed by atoms with Crippen LogP contribution in [-0.2, 0) is 19.9 Å². The molecule has 0 heterocycles. The number of carbonyl (C=O) groups is 2. The van der Waals surface area contributed by atoms with Crippen LogP contribution in [0.15, 0.2) is 12.1 Å². The van der Waals surface area contributed by atoms with Crippen LogP contribution < -0.4 is 5.73 Å². The highest BCUT2D eigenvalue weighted by Crippen LogP contribution is 2.32.